The molecule has 2 fully saturated rings. The number of urea groups is 1. The van der Waals surface area contributed by atoms with Crippen LogP contribution in [-0.4, -0.2) is 92.7 Å². The van der Waals surface area contributed by atoms with Crippen LogP contribution in [0.5, 0.6) is 5.75 Å². The van der Waals surface area contributed by atoms with Crippen molar-refractivity contribution in [2.24, 2.45) is 0 Å². The Morgan fingerprint density at radius 3 is 2.52 bits per heavy atom. The van der Waals surface area contributed by atoms with E-state index in [4.69, 9.17) is 4.74 Å². The molecular weight excluding hydrogens is 372 g/mol. The molecule has 2 aliphatic rings. The minimum Gasteiger partial charge on any atom is -0.497 e. The van der Waals surface area contributed by atoms with Crippen LogP contribution < -0.4 is 20.9 Å². The molecule has 29 heavy (non-hydrogen) atoms. The van der Waals surface area contributed by atoms with Crippen LogP contribution in [0.4, 0.5) is 10.5 Å². The monoisotopic (exact) mass is 404 g/mol. The molecule has 2 heterocycles. The lowest BCUT2D eigenvalue weighted by Crippen LogP contribution is -2.52. The van der Waals surface area contributed by atoms with Gasteiger partial charge in [-0.1, -0.05) is 0 Å². The number of piperazine rings is 1. The van der Waals surface area contributed by atoms with Gasteiger partial charge in [0.15, 0.2) is 0 Å². The second-order valence-electron chi connectivity index (χ2n) is 7.57. The molecule has 0 bridgehead atoms. The first kappa shape index (κ1) is 21.2. The average Bonchev–Trinajstić information content (AvgIpc) is 3.24. The molecule has 3 amide bonds. The maximum atomic E-state index is 12.6. The second-order valence-corrected chi connectivity index (χ2v) is 7.57. The summed E-state index contributed by atoms with van der Waals surface area (Å²) < 4.78 is 5.12. The summed E-state index contributed by atoms with van der Waals surface area (Å²) in [6.07, 6.45) is 1.49. The number of ether oxygens (including phenoxy) is 1. The van der Waals surface area contributed by atoms with E-state index in [1.807, 2.05) is 24.3 Å². The number of methoxy groups -OCH3 is 1. The van der Waals surface area contributed by atoms with E-state index in [2.05, 4.69) is 33.0 Å². The predicted octanol–water partition coefficient (Wildman–Crippen LogP) is 0.560. The fourth-order valence-corrected chi connectivity index (χ4v) is 3.67. The molecule has 1 unspecified atom stereocenters. The molecule has 9 nitrogen and oxygen atoms in total. The minimum atomic E-state index is -0.454. The van der Waals surface area contributed by atoms with E-state index in [0.717, 1.165) is 50.6 Å². The highest BCUT2D eigenvalue weighted by atomic mass is 16.5. The Labute approximate surface area is 172 Å². The molecule has 0 spiro atoms. The first-order chi connectivity index (χ1) is 14.1. The summed E-state index contributed by atoms with van der Waals surface area (Å²) in [5.74, 6) is 0.546. The smallest absolute Gasteiger partial charge is 0.318 e. The van der Waals surface area contributed by atoms with Gasteiger partial charge < -0.3 is 19.9 Å². The second kappa shape index (κ2) is 10.3. The van der Waals surface area contributed by atoms with Crippen LogP contribution >= 0.6 is 0 Å². The van der Waals surface area contributed by atoms with Crippen LogP contribution in [0.3, 0.4) is 0 Å². The van der Waals surface area contributed by atoms with Crippen LogP contribution in [0.15, 0.2) is 24.3 Å². The zero-order valence-electron chi connectivity index (χ0n) is 17.3. The van der Waals surface area contributed by atoms with Crippen molar-refractivity contribution in [3.8, 4) is 5.75 Å². The van der Waals surface area contributed by atoms with E-state index in [9.17, 15) is 9.59 Å². The molecule has 2 aliphatic heterocycles. The number of hydrogen-bond acceptors (Lipinski definition) is 6. The van der Waals surface area contributed by atoms with E-state index >= 15 is 0 Å². The maximum absolute atomic E-state index is 12.6. The topological polar surface area (TPSA) is 89.2 Å². The molecule has 0 radical (unpaired) electrons. The third kappa shape index (κ3) is 5.98. The fraction of sp³-hybridized carbons (Fsp3) is 0.600. The molecule has 3 N–H and O–H groups in total. The number of nitrogens with zero attached hydrogens (tertiary/aromatic N) is 3. The first-order valence-electron chi connectivity index (χ1n) is 10.2. The van der Waals surface area contributed by atoms with Crippen molar-refractivity contribution >= 4 is 17.6 Å². The van der Waals surface area contributed by atoms with Gasteiger partial charge in [0.1, 0.15) is 11.8 Å². The number of nitrogens with one attached hydrogen (secondary N) is 3. The van der Waals surface area contributed by atoms with Gasteiger partial charge in [-0.15, -0.1) is 0 Å². The Balaban J connectivity index is 1.41. The summed E-state index contributed by atoms with van der Waals surface area (Å²) >= 11 is 0. The van der Waals surface area contributed by atoms with Crippen LogP contribution in [0.25, 0.3) is 0 Å². The van der Waals surface area contributed by atoms with Crippen molar-refractivity contribution in [1.29, 1.82) is 0 Å². The number of carbonyl (C=O) groups is 2. The summed E-state index contributed by atoms with van der Waals surface area (Å²) in [5.41, 5.74) is 6.36. The lowest BCUT2D eigenvalue weighted by molar-refractivity contribution is -0.124. The van der Waals surface area contributed by atoms with E-state index in [1.54, 1.807) is 12.0 Å². The highest BCUT2D eigenvalue weighted by molar-refractivity contribution is 5.88. The van der Waals surface area contributed by atoms with Crippen molar-refractivity contribution in [2.45, 2.75) is 18.9 Å². The zero-order chi connectivity index (χ0) is 20.6. The molecule has 1 atom stereocenters. The molecule has 9 heteroatoms. The Morgan fingerprint density at radius 1 is 1.10 bits per heavy atom. The maximum Gasteiger partial charge on any atom is 0.318 e. The van der Waals surface area contributed by atoms with Gasteiger partial charge in [0.2, 0.25) is 0 Å². The molecule has 160 valence electrons. The average molecular weight is 405 g/mol. The highest BCUT2D eigenvalue weighted by Gasteiger charge is 2.34. The van der Waals surface area contributed by atoms with E-state index in [-0.39, 0.29) is 11.9 Å². The van der Waals surface area contributed by atoms with Gasteiger partial charge in [0, 0.05) is 45.8 Å². The van der Waals surface area contributed by atoms with Crippen LogP contribution in [0.1, 0.15) is 12.8 Å². The van der Waals surface area contributed by atoms with E-state index < -0.39 is 6.04 Å². The van der Waals surface area contributed by atoms with Gasteiger partial charge in [-0.25, -0.2) is 4.79 Å². The van der Waals surface area contributed by atoms with Gasteiger partial charge in [-0.2, -0.15) is 0 Å². The standard InChI is InChI=1S/C20H32N6O3/c1-24-12-14-25(15-13-24)11-9-21-20(28)26-10-3-4-18(26)19(27)23-22-16-5-7-17(29-2)8-6-16/h5-8,18,22H,3-4,9-15H2,1-2H3,(H,21,28)(H,23,27). The van der Waals surface area contributed by atoms with Crippen molar-refractivity contribution < 1.29 is 14.3 Å². The predicted molar refractivity (Wildman–Crippen MR) is 112 cm³/mol. The number of rotatable bonds is 7. The molecule has 1 aromatic carbocycles. The molecule has 3 rings (SSSR count). The highest BCUT2D eigenvalue weighted by Crippen LogP contribution is 2.18. The van der Waals surface area contributed by atoms with Crippen molar-refractivity contribution in [2.75, 3.05) is 65.4 Å². The van der Waals surface area contributed by atoms with Gasteiger partial charge in [0.25, 0.3) is 5.91 Å². The first-order valence-corrected chi connectivity index (χ1v) is 10.2. The number of anilines is 1. The summed E-state index contributed by atoms with van der Waals surface area (Å²) in [7, 11) is 3.73. The molecule has 0 aliphatic carbocycles. The third-order valence-corrected chi connectivity index (χ3v) is 5.54. The Bertz CT molecular complexity index is 675. The summed E-state index contributed by atoms with van der Waals surface area (Å²) in [4.78, 5) is 31.4. The van der Waals surface area contributed by atoms with Gasteiger partial charge in [0.05, 0.1) is 12.8 Å². The molecular formula is C20H32N6O3. The van der Waals surface area contributed by atoms with E-state index in [1.165, 1.54) is 0 Å². The van der Waals surface area contributed by atoms with Crippen molar-refractivity contribution in [3.63, 3.8) is 0 Å². The fourth-order valence-electron chi connectivity index (χ4n) is 3.67. The Hall–Kier alpha value is -2.52. The number of hydrazine groups is 1. The minimum absolute atomic E-state index is 0.166. The largest absolute Gasteiger partial charge is 0.497 e. The zero-order valence-corrected chi connectivity index (χ0v) is 17.3. The molecule has 2 saturated heterocycles. The lowest BCUT2D eigenvalue weighted by atomic mass is 10.2. The van der Waals surface area contributed by atoms with Gasteiger partial charge >= 0.3 is 6.03 Å². The molecule has 0 saturated carbocycles. The summed E-state index contributed by atoms with van der Waals surface area (Å²) in [6, 6.07) is 6.63. The Morgan fingerprint density at radius 2 is 1.83 bits per heavy atom. The number of amides is 3. The SMILES string of the molecule is COc1ccc(NNC(=O)C2CCCN2C(=O)NCCN2CCN(C)CC2)cc1. The van der Waals surface area contributed by atoms with Crippen LogP contribution in [0.2, 0.25) is 0 Å². The molecule has 0 aromatic heterocycles. The Kier molecular flexibility index (Phi) is 7.54. The lowest BCUT2D eigenvalue weighted by Gasteiger charge is -2.32. The number of likely N-dealkylation sites (tertiary alicyclic amines) is 1. The number of benzene rings is 1. The summed E-state index contributed by atoms with van der Waals surface area (Å²) in [6.45, 7) is 6.20. The number of hydrogen-bond donors (Lipinski definition) is 3. The van der Waals surface area contributed by atoms with Gasteiger partial charge in [-0.05, 0) is 44.2 Å². The third-order valence-electron chi connectivity index (χ3n) is 5.54. The quantitative estimate of drug-likeness (QED) is 0.576. The van der Waals surface area contributed by atoms with Crippen molar-refractivity contribution in [3.05, 3.63) is 24.3 Å². The summed E-state index contributed by atoms with van der Waals surface area (Å²) in [5, 5.41) is 2.97. The molecule has 1 aromatic rings. The number of carbonyl (C=O) groups excluding carboxylic acids is 2. The van der Waals surface area contributed by atoms with Crippen LogP contribution in [-0.2, 0) is 4.79 Å². The van der Waals surface area contributed by atoms with Crippen LogP contribution in [0, 0.1) is 0 Å². The number of likely N-dealkylation sites (N-methyl/N-ethyl adjacent to an activating group) is 1. The van der Waals surface area contributed by atoms with E-state index in [0.29, 0.717) is 19.5 Å². The normalized spacial score (nSPS) is 20.3. The van der Waals surface area contributed by atoms with Gasteiger partial charge in [-0.3, -0.25) is 20.5 Å². The van der Waals surface area contributed by atoms with Crippen molar-refractivity contribution in [1.82, 2.24) is 25.4 Å².